The van der Waals surface area contributed by atoms with E-state index >= 15 is 0 Å². The highest BCUT2D eigenvalue weighted by atomic mass is 16.4. The minimum absolute atomic E-state index is 0.00847. The molecule has 7 nitrogen and oxygen atoms in total. The van der Waals surface area contributed by atoms with Crippen LogP contribution < -0.4 is 0 Å². The van der Waals surface area contributed by atoms with Gasteiger partial charge in [-0.2, -0.15) is 0 Å². The lowest BCUT2D eigenvalue weighted by atomic mass is 9.50. The van der Waals surface area contributed by atoms with Gasteiger partial charge in [0.05, 0.1) is 30.5 Å². The van der Waals surface area contributed by atoms with E-state index in [1.165, 1.54) is 0 Å². The van der Waals surface area contributed by atoms with Gasteiger partial charge >= 0.3 is 5.97 Å². The first-order valence-electron chi connectivity index (χ1n) is 13.7. The van der Waals surface area contributed by atoms with Crippen molar-refractivity contribution in [2.24, 2.45) is 40.9 Å². The average Bonchev–Trinajstić information content (AvgIpc) is 2.79. The molecule has 0 aromatic heterocycles. The smallest absolute Gasteiger partial charge is 0.330 e. The van der Waals surface area contributed by atoms with Gasteiger partial charge in [0.2, 0.25) is 0 Å². The van der Waals surface area contributed by atoms with Gasteiger partial charge in [-0.05, 0) is 57.3 Å². The molecule has 0 heterocycles. The molecule has 0 saturated heterocycles. The Labute approximate surface area is 222 Å². The summed E-state index contributed by atoms with van der Waals surface area (Å²) in [6.07, 6.45) is 2.86. The first kappa shape index (κ1) is 31.7. The number of rotatable bonds is 10. The molecule has 7 heteroatoms. The normalized spacial score (nSPS) is 36.4. The van der Waals surface area contributed by atoms with Crippen LogP contribution >= 0.6 is 0 Å². The second-order valence-electron chi connectivity index (χ2n) is 12.4. The van der Waals surface area contributed by atoms with Crippen molar-refractivity contribution in [3.8, 4) is 0 Å². The van der Waals surface area contributed by atoms with Gasteiger partial charge in [-0.1, -0.05) is 64.0 Å². The molecule has 1 fully saturated rings. The number of hydrogen-bond acceptors (Lipinski definition) is 6. The Morgan fingerprint density at radius 1 is 1.16 bits per heavy atom. The maximum Gasteiger partial charge on any atom is 0.330 e. The van der Waals surface area contributed by atoms with Gasteiger partial charge in [0.25, 0.3) is 0 Å². The lowest BCUT2D eigenvalue weighted by molar-refractivity contribution is -0.132. The predicted octanol–water partition coefficient (Wildman–Crippen LogP) is 3.70. The van der Waals surface area contributed by atoms with Crippen LogP contribution in [0.4, 0.5) is 0 Å². The predicted molar refractivity (Wildman–Crippen MR) is 145 cm³/mol. The quantitative estimate of drug-likeness (QED) is 0.190. The number of carbonyl (C=O) groups is 1. The highest BCUT2D eigenvalue weighted by Gasteiger charge is 2.55. The molecule has 11 atom stereocenters. The van der Waals surface area contributed by atoms with Gasteiger partial charge in [0, 0.05) is 29.2 Å². The van der Waals surface area contributed by atoms with Crippen molar-refractivity contribution in [3.63, 3.8) is 0 Å². The summed E-state index contributed by atoms with van der Waals surface area (Å²) in [6.45, 7) is 15.1. The highest BCUT2D eigenvalue weighted by Crippen LogP contribution is 2.57. The summed E-state index contributed by atoms with van der Waals surface area (Å²) in [7, 11) is 0. The zero-order valence-electron chi connectivity index (χ0n) is 23.8. The molecule has 0 aliphatic heterocycles. The number of aliphatic hydroxyl groups is 5. The fourth-order valence-electron chi connectivity index (χ4n) is 6.87. The molecule has 212 valence electrons. The summed E-state index contributed by atoms with van der Waals surface area (Å²) >= 11 is 0. The molecule has 0 radical (unpaired) electrons. The lowest BCUT2D eigenvalue weighted by Crippen LogP contribution is -2.56. The van der Waals surface area contributed by atoms with Crippen LogP contribution in [0, 0.1) is 40.9 Å². The van der Waals surface area contributed by atoms with E-state index in [2.05, 4.69) is 6.08 Å². The summed E-state index contributed by atoms with van der Waals surface area (Å²) in [4.78, 5) is 11.8. The molecular formula is C30H50O7. The molecule has 2 rings (SSSR count). The Hall–Kier alpha value is -1.51. The van der Waals surface area contributed by atoms with Gasteiger partial charge < -0.3 is 30.6 Å². The minimum Gasteiger partial charge on any atom is -0.478 e. The van der Waals surface area contributed by atoms with Crippen molar-refractivity contribution in [1.82, 2.24) is 0 Å². The van der Waals surface area contributed by atoms with Crippen molar-refractivity contribution in [2.45, 2.75) is 105 Å². The summed E-state index contributed by atoms with van der Waals surface area (Å²) in [5, 5.41) is 62.8. The second-order valence-corrected chi connectivity index (χ2v) is 12.4. The van der Waals surface area contributed by atoms with Crippen molar-refractivity contribution in [3.05, 3.63) is 34.9 Å². The van der Waals surface area contributed by atoms with Gasteiger partial charge in [0.15, 0.2) is 0 Å². The number of hydrogen-bond donors (Lipinski definition) is 6. The molecule has 2 aliphatic rings. The van der Waals surface area contributed by atoms with Crippen molar-refractivity contribution < 1.29 is 35.4 Å². The van der Waals surface area contributed by atoms with E-state index in [1.54, 1.807) is 19.9 Å². The molecule has 1 saturated carbocycles. The number of aliphatic carboxylic acids is 1. The third-order valence-electron chi connectivity index (χ3n) is 9.23. The molecule has 2 aliphatic carbocycles. The largest absolute Gasteiger partial charge is 0.478 e. The summed E-state index contributed by atoms with van der Waals surface area (Å²) in [5.74, 6) is -2.08. The van der Waals surface area contributed by atoms with Crippen molar-refractivity contribution >= 4 is 5.97 Å². The molecule has 0 aromatic carbocycles. The van der Waals surface area contributed by atoms with E-state index in [0.29, 0.717) is 6.42 Å². The zero-order chi connectivity index (χ0) is 28.4. The van der Waals surface area contributed by atoms with Crippen LogP contribution in [0.2, 0.25) is 0 Å². The second kappa shape index (κ2) is 12.6. The lowest BCUT2D eigenvalue weighted by Gasteiger charge is -2.56. The van der Waals surface area contributed by atoms with Crippen molar-refractivity contribution in [1.29, 1.82) is 0 Å². The van der Waals surface area contributed by atoms with E-state index in [9.17, 15) is 35.4 Å². The van der Waals surface area contributed by atoms with E-state index in [1.807, 2.05) is 47.6 Å². The number of carboxylic acids is 1. The third kappa shape index (κ3) is 6.93. The summed E-state index contributed by atoms with van der Waals surface area (Å²) in [6, 6.07) is 0. The first-order valence-corrected chi connectivity index (χ1v) is 13.7. The molecule has 0 unspecified atom stereocenters. The zero-order valence-corrected chi connectivity index (χ0v) is 23.8. The number of aliphatic hydroxyl groups excluding tert-OH is 5. The summed E-state index contributed by atoms with van der Waals surface area (Å²) < 4.78 is 0. The molecular weight excluding hydrogens is 472 g/mol. The molecule has 0 spiro atoms. The fourth-order valence-corrected chi connectivity index (χ4v) is 6.87. The van der Waals surface area contributed by atoms with Gasteiger partial charge in [0.1, 0.15) is 0 Å². The molecule has 0 aromatic rings. The maximum atomic E-state index is 11.8. The van der Waals surface area contributed by atoms with Crippen LogP contribution in [0.1, 0.15) is 74.7 Å². The van der Waals surface area contributed by atoms with Gasteiger partial charge in [-0.3, -0.25) is 0 Å². The molecule has 6 N–H and O–H groups in total. The van der Waals surface area contributed by atoms with Crippen LogP contribution in [0.3, 0.4) is 0 Å². The molecule has 37 heavy (non-hydrogen) atoms. The van der Waals surface area contributed by atoms with Crippen LogP contribution in [0.15, 0.2) is 34.9 Å². The summed E-state index contributed by atoms with van der Waals surface area (Å²) in [5.41, 5.74) is 1.62. The SMILES string of the molecule is CC1=C[C@@]2(C)[C@H]([C@@H](C)[C@H](O)C[C@H]2O)[C@@H](/C=C(\C)C(=O)O)[C@H]1/C(C)=C/C[C@H](O)C[C@@H](O)[C@H](C)[C@@H](O)C(C)C. The van der Waals surface area contributed by atoms with Crippen LogP contribution in [-0.4, -0.2) is 67.1 Å². The number of allylic oxidation sites excluding steroid dienone is 3. The first-order chi connectivity index (χ1) is 17.0. The monoisotopic (exact) mass is 522 g/mol. The minimum atomic E-state index is -0.999. The Bertz CT molecular complexity index is 890. The molecule has 0 bridgehead atoms. The Morgan fingerprint density at radius 2 is 1.76 bits per heavy atom. The van der Waals surface area contributed by atoms with Crippen molar-refractivity contribution in [2.75, 3.05) is 0 Å². The molecule has 0 amide bonds. The van der Waals surface area contributed by atoms with Crippen LogP contribution in [0.5, 0.6) is 0 Å². The fraction of sp³-hybridized carbons (Fsp3) is 0.767. The Morgan fingerprint density at radius 3 is 2.30 bits per heavy atom. The Balaban J connectivity index is 2.37. The maximum absolute atomic E-state index is 11.8. The van der Waals surface area contributed by atoms with E-state index in [-0.39, 0.29) is 53.9 Å². The standard InChI is InChI=1S/C30H50O7/c1-15(2)28(35)20(7)23(32)12-21(31)10-9-16(3)26-18(5)14-30(8)25(34)13-24(33)19(6)27(30)22(26)11-17(4)29(36)37/h9,11,14-15,19-28,31-35H,10,12-13H2,1-8H3,(H,36,37)/b16-9+,17-11+/t19-,20-,21-,22-,23+,24+,25+,26-,27+,28-,30+/m0/s1. The third-order valence-corrected chi connectivity index (χ3v) is 9.23. The number of carboxylic acid groups (broad SMARTS) is 1. The highest BCUT2D eigenvalue weighted by molar-refractivity contribution is 5.85. The van der Waals surface area contributed by atoms with Crippen LogP contribution in [-0.2, 0) is 4.79 Å². The van der Waals surface area contributed by atoms with Crippen LogP contribution in [0.25, 0.3) is 0 Å². The van der Waals surface area contributed by atoms with E-state index < -0.39 is 41.9 Å². The average molecular weight is 523 g/mol. The topological polar surface area (TPSA) is 138 Å². The van der Waals surface area contributed by atoms with E-state index in [4.69, 9.17) is 0 Å². The van der Waals surface area contributed by atoms with Gasteiger partial charge in [-0.15, -0.1) is 0 Å². The van der Waals surface area contributed by atoms with E-state index in [0.717, 1.165) is 11.1 Å². The Kier molecular flexibility index (Phi) is 10.8. The number of fused-ring (bicyclic) bond motifs is 1. The van der Waals surface area contributed by atoms with Gasteiger partial charge in [-0.25, -0.2) is 4.79 Å².